The summed E-state index contributed by atoms with van der Waals surface area (Å²) in [5.41, 5.74) is 6.53. The van der Waals surface area contributed by atoms with Crippen LogP contribution in [0.1, 0.15) is 77.8 Å². The molecule has 0 spiro atoms. The summed E-state index contributed by atoms with van der Waals surface area (Å²) in [6.45, 7) is 5.78. The number of aromatic amines is 1. The molecule has 0 amide bonds. The van der Waals surface area contributed by atoms with Crippen LogP contribution in [0.3, 0.4) is 0 Å². The summed E-state index contributed by atoms with van der Waals surface area (Å²) in [7, 11) is 0. The minimum Gasteiger partial charge on any atom is -0.322 e. The molecule has 7 heteroatoms. The normalized spacial score (nSPS) is 18.0. The lowest BCUT2D eigenvalue weighted by Crippen LogP contribution is -2.39. The molecule has 1 atom stereocenters. The van der Waals surface area contributed by atoms with Crippen LogP contribution < -0.4 is 5.56 Å². The smallest absolute Gasteiger partial charge is 0.253 e. The van der Waals surface area contributed by atoms with Crippen LogP contribution in [0, 0.1) is 13.8 Å². The van der Waals surface area contributed by atoms with E-state index < -0.39 is 0 Å². The maximum Gasteiger partial charge on any atom is 0.253 e. The van der Waals surface area contributed by atoms with Gasteiger partial charge in [-0.3, -0.25) is 9.69 Å². The van der Waals surface area contributed by atoms with E-state index in [-0.39, 0.29) is 17.6 Å². The Morgan fingerprint density at radius 3 is 2.66 bits per heavy atom. The predicted octanol–water partition coefficient (Wildman–Crippen LogP) is 4.78. The average Bonchev–Trinajstić information content (AvgIpc) is 3.34. The first-order chi connectivity index (χ1) is 17.1. The van der Waals surface area contributed by atoms with Crippen molar-refractivity contribution in [3.05, 3.63) is 86.5 Å². The number of nitrogens with one attached hydrogen (secondary N) is 1. The maximum absolute atomic E-state index is 13.6. The lowest BCUT2D eigenvalue weighted by Gasteiger charge is -2.35. The van der Waals surface area contributed by atoms with E-state index in [1.165, 1.54) is 30.4 Å². The first-order valence-electron chi connectivity index (χ1n) is 12.8. The fourth-order valence-electron chi connectivity index (χ4n) is 6.10. The summed E-state index contributed by atoms with van der Waals surface area (Å²) in [5, 5.41) is 14.2. The van der Waals surface area contributed by atoms with Crippen LogP contribution in [-0.4, -0.2) is 36.6 Å². The largest absolute Gasteiger partial charge is 0.322 e. The molecule has 6 rings (SSSR count). The molecule has 1 aliphatic carbocycles. The van der Waals surface area contributed by atoms with Crippen molar-refractivity contribution in [3.8, 4) is 0 Å². The van der Waals surface area contributed by atoms with Crippen LogP contribution in [0.25, 0.3) is 10.9 Å². The Morgan fingerprint density at radius 2 is 1.83 bits per heavy atom. The number of aryl methyl sites for hydroxylation is 2. The highest BCUT2D eigenvalue weighted by Gasteiger charge is 2.34. The van der Waals surface area contributed by atoms with E-state index in [1.807, 2.05) is 10.7 Å². The second-order valence-corrected chi connectivity index (χ2v) is 10.3. The quantitative estimate of drug-likeness (QED) is 0.466. The van der Waals surface area contributed by atoms with Gasteiger partial charge >= 0.3 is 0 Å². The van der Waals surface area contributed by atoms with Gasteiger partial charge in [0.1, 0.15) is 6.04 Å². The summed E-state index contributed by atoms with van der Waals surface area (Å²) in [5.74, 6) is 0.783. The molecule has 1 saturated carbocycles. The number of hydrogen-bond acceptors (Lipinski definition) is 5. The van der Waals surface area contributed by atoms with Crippen molar-refractivity contribution in [1.29, 1.82) is 0 Å². The molecule has 35 heavy (non-hydrogen) atoms. The first-order valence-corrected chi connectivity index (χ1v) is 12.8. The van der Waals surface area contributed by atoms with Crippen molar-refractivity contribution >= 4 is 10.9 Å². The number of tetrazole rings is 1. The average molecular weight is 469 g/mol. The monoisotopic (exact) mass is 468 g/mol. The van der Waals surface area contributed by atoms with Crippen molar-refractivity contribution in [2.45, 2.75) is 71.0 Å². The summed E-state index contributed by atoms with van der Waals surface area (Å²) >= 11 is 0. The number of benzene rings is 2. The van der Waals surface area contributed by atoms with Crippen LogP contribution in [0.4, 0.5) is 0 Å². The van der Waals surface area contributed by atoms with Gasteiger partial charge in [-0.05, 0) is 77.9 Å². The molecule has 2 aromatic carbocycles. The molecule has 0 bridgehead atoms. The Kier molecular flexibility index (Phi) is 5.72. The topological polar surface area (TPSA) is 79.7 Å². The third kappa shape index (κ3) is 4.08. The highest BCUT2D eigenvalue weighted by molar-refractivity contribution is 5.83. The van der Waals surface area contributed by atoms with Gasteiger partial charge in [-0.2, -0.15) is 0 Å². The van der Waals surface area contributed by atoms with Gasteiger partial charge in [0.2, 0.25) is 0 Å². The highest BCUT2D eigenvalue weighted by Crippen LogP contribution is 2.35. The zero-order chi connectivity index (χ0) is 23.9. The van der Waals surface area contributed by atoms with Crippen LogP contribution in [0.15, 0.2) is 47.3 Å². The number of pyridine rings is 1. The Morgan fingerprint density at radius 1 is 1.03 bits per heavy atom. The summed E-state index contributed by atoms with van der Waals surface area (Å²) in [6, 6.07) is 14.9. The molecular weight excluding hydrogens is 436 g/mol. The number of hydrogen-bond donors (Lipinski definition) is 1. The van der Waals surface area contributed by atoms with E-state index in [0.717, 1.165) is 65.8 Å². The van der Waals surface area contributed by atoms with Crippen molar-refractivity contribution in [1.82, 2.24) is 30.1 Å². The molecule has 2 aliphatic rings. The van der Waals surface area contributed by atoms with Crippen molar-refractivity contribution in [2.24, 2.45) is 0 Å². The number of H-pyrrole nitrogens is 1. The van der Waals surface area contributed by atoms with E-state index in [1.54, 1.807) is 0 Å². The lowest BCUT2D eigenvalue weighted by molar-refractivity contribution is 0.187. The SMILES string of the molecule is Cc1cc(C)c2cc(C(c3nnnn3C3CCCCC3)N3CCc4ccccc4C3)c(=O)[nH]c2c1. The fourth-order valence-corrected chi connectivity index (χ4v) is 6.10. The summed E-state index contributed by atoms with van der Waals surface area (Å²) in [4.78, 5) is 19.2. The molecule has 2 aromatic heterocycles. The second-order valence-electron chi connectivity index (χ2n) is 10.3. The summed E-state index contributed by atoms with van der Waals surface area (Å²) in [6.07, 6.45) is 6.77. The second kappa shape index (κ2) is 9.04. The third-order valence-electron chi connectivity index (χ3n) is 7.84. The van der Waals surface area contributed by atoms with E-state index in [4.69, 9.17) is 0 Å². The van der Waals surface area contributed by atoms with Crippen molar-refractivity contribution < 1.29 is 0 Å². The molecular formula is C28H32N6O. The van der Waals surface area contributed by atoms with Gasteiger partial charge in [-0.1, -0.05) is 49.6 Å². The number of rotatable bonds is 4. The van der Waals surface area contributed by atoms with Crippen LogP contribution >= 0.6 is 0 Å². The summed E-state index contributed by atoms with van der Waals surface area (Å²) < 4.78 is 2.02. The molecule has 7 nitrogen and oxygen atoms in total. The van der Waals surface area contributed by atoms with E-state index >= 15 is 0 Å². The number of nitrogens with zero attached hydrogens (tertiary/aromatic N) is 5. The minimum atomic E-state index is -0.311. The van der Waals surface area contributed by atoms with Gasteiger partial charge in [0.15, 0.2) is 5.82 Å². The molecule has 1 N–H and O–H groups in total. The van der Waals surface area contributed by atoms with Gasteiger partial charge in [-0.25, -0.2) is 4.68 Å². The van der Waals surface area contributed by atoms with E-state index in [2.05, 4.69) is 75.7 Å². The Bertz CT molecular complexity index is 1430. The predicted molar refractivity (Wildman–Crippen MR) is 136 cm³/mol. The lowest BCUT2D eigenvalue weighted by atomic mass is 9.93. The molecule has 180 valence electrons. The first kappa shape index (κ1) is 22.2. The highest BCUT2D eigenvalue weighted by atomic mass is 16.1. The molecule has 3 heterocycles. The van der Waals surface area contributed by atoms with Gasteiger partial charge < -0.3 is 4.98 Å². The van der Waals surface area contributed by atoms with Gasteiger partial charge in [0.25, 0.3) is 5.56 Å². The van der Waals surface area contributed by atoms with E-state index in [0.29, 0.717) is 0 Å². The molecule has 0 radical (unpaired) electrons. The Labute approximate surface area is 205 Å². The number of fused-ring (bicyclic) bond motifs is 2. The maximum atomic E-state index is 13.6. The standard InChI is InChI=1S/C28H32N6O/c1-18-14-19(2)23-16-24(28(35)29-25(23)15-18)26(33-13-12-20-8-6-7-9-21(20)17-33)27-30-31-32-34(27)22-10-4-3-5-11-22/h6-9,14-16,22,26H,3-5,10-13,17H2,1-2H3,(H,29,35). The molecule has 0 saturated heterocycles. The molecule has 1 unspecified atom stereocenters. The minimum absolute atomic E-state index is 0.0652. The Balaban J connectivity index is 1.51. The van der Waals surface area contributed by atoms with Gasteiger partial charge in [0, 0.05) is 29.6 Å². The van der Waals surface area contributed by atoms with E-state index in [9.17, 15) is 4.79 Å². The van der Waals surface area contributed by atoms with Crippen LogP contribution in [0.5, 0.6) is 0 Å². The van der Waals surface area contributed by atoms with Crippen molar-refractivity contribution in [3.63, 3.8) is 0 Å². The fraction of sp³-hybridized carbons (Fsp3) is 0.429. The molecule has 1 fully saturated rings. The van der Waals surface area contributed by atoms with Crippen LogP contribution in [-0.2, 0) is 13.0 Å². The zero-order valence-corrected chi connectivity index (χ0v) is 20.5. The molecule has 4 aromatic rings. The third-order valence-corrected chi connectivity index (χ3v) is 7.84. The van der Waals surface area contributed by atoms with Crippen molar-refractivity contribution in [2.75, 3.05) is 6.54 Å². The van der Waals surface area contributed by atoms with Gasteiger partial charge in [0.05, 0.1) is 6.04 Å². The van der Waals surface area contributed by atoms with Crippen LogP contribution in [0.2, 0.25) is 0 Å². The Hall–Kier alpha value is -3.32. The van der Waals surface area contributed by atoms with Gasteiger partial charge in [-0.15, -0.1) is 5.10 Å². The number of aromatic nitrogens is 5. The zero-order valence-electron chi connectivity index (χ0n) is 20.5. The molecule has 1 aliphatic heterocycles.